The van der Waals surface area contributed by atoms with Gasteiger partial charge in [-0.1, -0.05) is 18.2 Å². The number of hydrogen-bond acceptors (Lipinski definition) is 3. The van der Waals surface area contributed by atoms with Gasteiger partial charge in [-0.2, -0.15) is 0 Å². The fraction of sp³-hybridized carbons (Fsp3) is 0.222. The van der Waals surface area contributed by atoms with E-state index >= 15 is 0 Å². The highest BCUT2D eigenvalue weighted by Gasteiger charge is 2.30. The van der Waals surface area contributed by atoms with Crippen molar-refractivity contribution in [2.24, 2.45) is 0 Å². The lowest BCUT2D eigenvalue weighted by Crippen LogP contribution is -2.18. The van der Waals surface area contributed by atoms with E-state index in [2.05, 4.69) is 4.74 Å². The standard InChI is InChI=1S/C9H8O2S/c1-11-9(10)8-7-4-2-3-6(7)5-12-8/h2-5,8H,1H3. The topological polar surface area (TPSA) is 26.3 Å². The highest BCUT2D eigenvalue weighted by atomic mass is 32.2. The van der Waals surface area contributed by atoms with E-state index in [1.165, 1.54) is 18.9 Å². The number of fused-ring (bicyclic) bond motifs is 1. The number of esters is 1. The van der Waals surface area contributed by atoms with Crippen molar-refractivity contribution in [1.82, 2.24) is 0 Å². The molecule has 0 radical (unpaired) electrons. The highest BCUT2D eigenvalue weighted by Crippen LogP contribution is 2.38. The van der Waals surface area contributed by atoms with Gasteiger partial charge in [0.25, 0.3) is 0 Å². The molecule has 1 aliphatic heterocycles. The summed E-state index contributed by atoms with van der Waals surface area (Å²) >= 11 is 1.51. The molecule has 0 saturated heterocycles. The van der Waals surface area contributed by atoms with Gasteiger partial charge < -0.3 is 4.74 Å². The highest BCUT2D eigenvalue weighted by molar-refractivity contribution is 8.04. The summed E-state index contributed by atoms with van der Waals surface area (Å²) in [4.78, 5) is 11.2. The van der Waals surface area contributed by atoms with Gasteiger partial charge in [-0.25, -0.2) is 0 Å². The number of ether oxygens (including phenoxy) is 1. The summed E-state index contributed by atoms with van der Waals surface area (Å²) in [7, 11) is 1.42. The number of allylic oxidation sites excluding steroid dienone is 4. The lowest BCUT2D eigenvalue weighted by Gasteiger charge is -2.07. The maximum atomic E-state index is 11.2. The summed E-state index contributed by atoms with van der Waals surface area (Å²) in [5.74, 6) is -0.166. The number of carbonyl (C=O) groups is 1. The van der Waals surface area contributed by atoms with Gasteiger partial charge in [-0.15, -0.1) is 11.8 Å². The molecule has 2 aliphatic rings. The van der Waals surface area contributed by atoms with Crippen molar-refractivity contribution in [3.8, 4) is 0 Å². The third-order valence-electron chi connectivity index (χ3n) is 1.91. The van der Waals surface area contributed by atoms with E-state index in [1.54, 1.807) is 0 Å². The smallest absolute Gasteiger partial charge is 0.323 e. The van der Waals surface area contributed by atoms with E-state index in [4.69, 9.17) is 0 Å². The molecule has 62 valence electrons. The summed E-state index contributed by atoms with van der Waals surface area (Å²) in [6.07, 6.45) is 5.93. The predicted molar refractivity (Wildman–Crippen MR) is 48.7 cm³/mol. The van der Waals surface area contributed by atoms with Crippen LogP contribution in [0.2, 0.25) is 0 Å². The normalized spacial score (nSPS) is 24.9. The Hall–Kier alpha value is -0.960. The zero-order chi connectivity index (χ0) is 8.55. The van der Waals surface area contributed by atoms with Crippen LogP contribution in [0.15, 0.2) is 34.8 Å². The van der Waals surface area contributed by atoms with Crippen molar-refractivity contribution in [2.45, 2.75) is 5.25 Å². The van der Waals surface area contributed by atoms with Crippen molar-refractivity contribution in [2.75, 3.05) is 7.11 Å². The molecule has 12 heavy (non-hydrogen) atoms. The number of thioether (sulfide) groups is 1. The first kappa shape index (κ1) is 7.68. The average molecular weight is 180 g/mol. The van der Waals surface area contributed by atoms with Crippen LogP contribution in [0.5, 0.6) is 0 Å². The van der Waals surface area contributed by atoms with Crippen LogP contribution >= 0.6 is 11.8 Å². The molecule has 0 bridgehead atoms. The lowest BCUT2D eigenvalue weighted by atomic mass is 10.1. The average Bonchev–Trinajstić information content (AvgIpc) is 2.62. The van der Waals surface area contributed by atoms with Gasteiger partial charge in [0.15, 0.2) is 0 Å². The minimum atomic E-state index is -0.166. The Morgan fingerprint density at radius 1 is 1.67 bits per heavy atom. The summed E-state index contributed by atoms with van der Waals surface area (Å²) < 4.78 is 4.68. The SMILES string of the molecule is COC(=O)C1SC=C2C=CC=C21. The monoisotopic (exact) mass is 180 g/mol. The van der Waals surface area contributed by atoms with E-state index in [0.717, 1.165) is 11.1 Å². The third kappa shape index (κ3) is 1.01. The zero-order valence-corrected chi connectivity index (χ0v) is 7.43. The number of rotatable bonds is 1. The van der Waals surface area contributed by atoms with Crippen LogP contribution in [0.1, 0.15) is 0 Å². The molecule has 0 spiro atoms. The van der Waals surface area contributed by atoms with Gasteiger partial charge in [-0.05, 0) is 16.6 Å². The second-order valence-electron chi connectivity index (χ2n) is 2.59. The fourth-order valence-corrected chi connectivity index (χ4v) is 2.36. The molecule has 0 saturated carbocycles. The maximum absolute atomic E-state index is 11.2. The third-order valence-corrected chi connectivity index (χ3v) is 3.02. The number of hydrogen-bond donors (Lipinski definition) is 0. The van der Waals surface area contributed by atoms with E-state index < -0.39 is 0 Å². The summed E-state index contributed by atoms with van der Waals surface area (Å²) in [6.45, 7) is 0. The molecule has 0 aromatic carbocycles. The predicted octanol–water partition coefficient (Wildman–Crippen LogP) is 1.65. The lowest BCUT2D eigenvalue weighted by molar-refractivity contribution is -0.139. The molecular weight excluding hydrogens is 172 g/mol. The van der Waals surface area contributed by atoms with E-state index in [9.17, 15) is 4.79 Å². The summed E-state index contributed by atoms with van der Waals surface area (Å²) in [5.41, 5.74) is 2.22. The molecule has 1 heterocycles. The molecule has 1 atom stereocenters. The quantitative estimate of drug-likeness (QED) is 0.574. The van der Waals surface area contributed by atoms with Crippen LogP contribution < -0.4 is 0 Å². The zero-order valence-electron chi connectivity index (χ0n) is 6.61. The van der Waals surface area contributed by atoms with Crippen molar-refractivity contribution < 1.29 is 9.53 Å². The second kappa shape index (κ2) is 2.83. The Bertz CT molecular complexity index is 312. The van der Waals surface area contributed by atoms with Gasteiger partial charge in [-0.3, -0.25) is 4.79 Å². The molecule has 2 nitrogen and oxygen atoms in total. The first-order valence-corrected chi connectivity index (χ1v) is 4.59. The van der Waals surface area contributed by atoms with Crippen molar-refractivity contribution in [3.63, 3.8) is 0 Å². The van der Waals surface area contributed by atoms with Crippen molar-refractivity contribution >= 4 is 17.7 Å². The van der Waals surface area contributed by atoms with Crippen LogP contribution in [0, 0.1) is 0 Å². The molecule has 1 unspecified atom stereocenters. The Morgan fingerprint density at radius 3 is 3.25 bits per heavy atom. The molecule has 1 aliphatic carbocycles. The fourth-order valence-electron chi connectivity index (χ4n) is 1.30. The largest absolute Gasteiger partial charge is 0.468 e. The van der Waals surface area contributed by atoms with Gasteiger partial charge in [0, 0.05) is 0 Å². The number of methoxy groups -OCH3 is 1. The molecule has 3 heteroatoms. The van der Waals surface area contributed by atoms with Gasteiger partial charge in [0.05, 0.1) is 7.11 Å². The Kier molecular flexibility index (Phi) is 1.81. The van der Waals surface area contributed by atoms with Crippen molar-refractivity contribution in [1.29, 1.82) is 0 Å². The maximum Gasteiger partial charge on any atom is 0.323 e. The number of carbonyl (C=O) groups excluding carboxylic acids is 1. The van der Waals surface area contributed by atoms with Crippen LogP contribution in [-0.2, 0) is 9.53 Å². The Labute approximate surface area is 75.0 Å². The van der Waals surface area contributed by atoms with E-state index in [-0.39, 0.29) is 11.2 Å². The molecule has 0 aromatic rings. The summed E-state index contributed by atoms with van der Waals surface area (Å²) in [6, 6.07) is 0. The van der Waals surface area contributed by atoms with Gasteiger partial charge in [0.2, 0.25) is 0 Å². The van der Waals surface area contributed by atoms with Gasteiger partial charge in [0.1, 0.15) is 5.25 Å². The van der Waals surface area contributed by atoms with Crippen LogP contribution in [0.4, 0.5) is 0 Å². The molecule has 0 amide bonds. The second-order valence-corrected chi connectivity index (χ2v) is 3.57. The van der Waals surface area contributed by atoms with Crippen LogP contribution in [0.3, 0.4) is 0 Å². The summed E-state index contributed by atoms with van der Waals surface area (Å²) in [5, 5.41) is 1.86. The molecule has 2 rings (SSSR count). The molecular formula is C9H8O2S. The minimum absolute atomic E-state index is 0.139. The van der Waals surface area contributed by atoms with Crippen LogP contribution in [-0.4, -0.2) is 18.3 Å². The van der Waals surface area contributed by atoms with Gasteiger partial charge >= 0.3 is 5.97 Å². The molecule has 0 fully saturated rings. The molecule has 0 N–H and O–H groups in total. The van der Waals surface area contributed by atoms with Crippen molar-refractivity contribution in [3.05, 3.63) is 34.8 Å². The van der Waals surface area contributed by atoms with E-state index in [0.29, 0.717) is 0 Å². The first-order chi connectivity index (χ1) is 5.83. The molecule has 0 aromatic heterocycles. The Balaban J connectivity index is 2.21. The van der Waals surface area contributed by atoms with E-state index in [1.807, 2.05) is 23.6 Å². The van der Waals surface area contributed by atoms with Crippen LogP contribution in [0.25, 0.3) is 0 Å². The minimum Gasteiger partial charge on any atom is -0.468 e. The first-order valence-electron chi connectivity index (χ1n) is 3.65. The Morgan fingerprint density at radius 2 is 2.50 bits per heavy atom.